The first-order chi connectivity index (χ1) is 18.9. The van der Waals surface area contributed by atoms with Gasteiger partial charge in [0.1, 0.15) is 23.2 Å². The van der Waals surface area contributed by atoms with Crippen molar-refractivity contribution >= 4 is 10.9 Å². The van der Waals surface area contributed by atoms with E-state index in [1.807, 2.05) is 24.3 Å². The third kappa shape index (κ3) is 5.59. The van der Waals surface area contributed by atoms with Crippen LogP contribution in [-0.4, -0.2) is 40.7 Å². The number of halogens is 2. The number of rotatable bonds is 8. The lowest BCUT2D eigenvalue weighted by molar-refractivity contribution is 0.109. The van der Waals surface area contributed by atoms with Crippen LogP contribution in [0.4, 0.5) is 8.78 Å². The van der Waals surface area contributed by atoms with Crippen molar-refractivity contribution in [1.29, 1.82) is 0 Å². The molecule has 204 valence electrons. The SMILES string of the molecule is CCC(CC)N1CCCC(Cn2c(-c3ccccc3OC)nc3ccc(-c4cc(F)cc(F)c4)cc3c2=O)C1. The van der Waals surface area contributed by atoms with Crippen LogP contribution in [0, 0.1) is 17.6 Å². The molecule has 5 rings (SSSR count). The number of hydrogen-bond acceptors (Lipinski definition) is 4. The van der Waals surface area contributed by atoms with Gasteiger partial charge in [-0.2, -0.15) is 0 Å². The molecule has 1 fully saturated rings. The molecule has 0 N–H and O–H groups in total. The Morgan fingerprint density at radius 1 is 1.00 bits per heavy atom. The van der Waals surface area contributed by atoms with Gasteiger partial charge in [-0.15, -0.1) is 0 Å². The third-order valence-electron chi connectivity index (χ3n) is 7.95. The fourth-order valence-electron chi connectivity index (χ4n) is 5.97. The van der Waals surface area contributed by atoms with Crippen molar-refractivity contribution in [3.8, 4) is 28.3 Å². The number of para-hydroxylation sites is 1. The summed E-state index contributed by atoms with van der Waals surface area (Å²) >= 11 is 0. The zero-order valence-corrected chi connectivity index (χ0v) is 22.8. The molecule has 1 aromatic heterocycles. The number of benzene rings is 3. The lowest BCUT2D eigenvalue weighted by Crippen LogP contribution is -2.44. The second kappa shape index (κ2) is 11.7. The van der Waals surface area contributed by atoms with E-state index >= 15 is 0 Å². The van der Waals surface area contributed by atoms with Gasteiger partial charge >= 0.3 is 0 Å². The number of piperidine rings is 1. The highest BCUT2D eigenvalue weighted by Crippen LogP contribution is 2.31. The predicted octanol–water partition coefficient (Wildman–Crippen LogP) is 6.92. The van der Waals surface area contributed by atoms with Crippen LogP contribution in [0.2, 0.25) is 0 Å². The van der Waals surface area contributed by atoms with Gasteiger partial charge in [0.2, 0.25) is 0 Å². The van der Waals surface area contributed by atoms with Crippen LogP contribution >= 0.6 is 0 Å². The molecule has 1 unspecified atom stereocenters. The largest absolute Gasteiger partial charge is 0.496 e. The summed E-state index contributed by atoms with van der Waals surface area (Å²) in [7, 11) is 1.61. The summed E-state index contributed by atoms with van der Waals surface area (Å²) in [6.45, 7) is 7.02. The monoisotopic (exact) mass is 531 g/mol. The quantitative estimate of drug-likeness (QED) is 0.248. The molecule has 7 heteroatoms. The number of hydrogen-bond donors (Lipinski definition) is 0. The summed E-state index contributed by atoms with van der Waals surface area (Å²) in [5, 5.41) is 0.420. The van der Waals surface area contributed by atoms with E-state index in [1.165, 1.54) is 12.1 Å². The van der Waals surface area contributed by atoms with Crippen LogP contribution in [0.1, 0.15) is 39.5 Å². The van der Waals surface area contributed by atoms with Crippen LogP contribution in [0.5, 0.6) is 5.75 Å². The van der Waals surface area contributed by atoms with Gasteiger partial charge in [0.15, 0.2) is 0 Å². The number of ether oxygens (including phenoxy) is 1. The number of nitrogens with zero attached hydrogens (tertiary/aromatic N) is 3. The fraction of sp³-hybridized carbons (Fsp3) is 0.375. The fourth-order valence-corrected chi connectivity index (χ4v) is 5.97. The van der Waals surface area contributed by atoms with Gasteiger partial charge in [0.05, 0.1) is 23.6 Å². The molecule has 1 aliphatic heterocycles. The lowest BCUT2D eigenvalue weighted by atomic mass is 9.95. The Morgan fingerprint density at radius 2 is 1.74 bits per heavy atom. The highest BCUT2D eigenvalue weighted by atomic mass is 19.1. The molecule has 1 aliphatic rings. The van der Waals surface area contributed by atoms with Crippen LogP contribution < -0.4 is 10.3 Å². The van der Waals surface area contributed by atoms with E-state index in [4.69, 9.17) is 9.72 Å². The average molecular weight is 532 g/mol. The third-order valence-corrected chi connectivity index (χ3v) is 7.95. The first kappa shape index (κ1) is 27.0. The maximum atomic E-state index is 14.2. The molecule has 0 spiro atoms. The molecular formula is C32H35F2N3O2. The van der Waals surface area contributed by atoms with Crippen molar-refractivity contribution in [3.05, 3.63) is 82.7 Å². The highest BCUT2D eigenvalue weighted by molar-refractivity contribution is 5.85. The first-order valence-electron chi connectivity index (χ1n) is 13.8. The van der Waals surface area contributed by atoms with E-state index in [-0.39, 0.29) is 5.56 Å². The maximum Gasteiger partial charge on any atom is 0.261 e. The molecule has 1 saturated heterocycles. The summed E-state index contributed by atoms with van der Waals surface area (Å²) in [6, 6.07) is 16.7. The molecular weight excluding hydrogens is 496 g/mol. The maximum absolute atomic E-state index is 14.2. The summed E-state index contributed by atoms with van der Waals surface area (Å²) in [4.78, 5) is 21.7. The van der Waals surface area contributed by atoms with Gasteiger partial charge in [-0.3, -0.25) is 9.36 Å². The van der Waals surface area contributed by atoms with Crippen molar-refractivity contribution < 1.29 is 13.5 Å². The standard InChI is InChI=1S/C32H35F2N3O2/c1-4-26(5-2)36-14-8-9-21(19-36)20-37-31(27-10-6-7-11-30(27)39-3)35-29-13-12-22(17-28(29)32(37)38)23-15-24(33)18-25(34)16-23/h6-7,10-13,15-18,21,26H,4-5,8-9,14,19-20H2,1-3H3. The van der Waals surface area contributed by atoms with Gasteiger partial charge in [-0.1, -0.05) is 32.0 Å². The molecule has 39 heavy (non-hydrogen) atoms. The Kier molecular flexibility index (Phi) is 8.07. The molecule has 0 aliphatic carbocycles. The zero-order valence-electron chi connectivity index (χ0n) is 22.8. The second-order valence-corrected chi connectivity index (χ2v) is 10.4. The zero-order chi connectivity index (χ0) is 27.5. The number of methoxy groups -OCH3 is 1. The van der Waals surface area contributed by atoms with Crippen molar-refractivity contribution in [3.63, 3.8) is 0 Å². The second-order valence-electron chi connectivity index (χ2n) is 10.4. The van der Waals surface area contributed by atoms with Crippen LogP contribution in [0.15, 0.2) is 65.5 Å². The molecule has 0 saturated carbocycles. The highest BCUT2D eigenvalue weighted by Gasteiger charge is 2.26. The van der Waals surface area contributed by atoms with Crippen LogP contribution in [0.3, 0.4) is 0 Å². The minimum Gasteiger partial charge on any atom is -0.496 e. The Balaban J connectivity index is 1.64. The van der Waals surface area contributed by atoms with Crippen LogP contribution in [-0.2, 0) is 6.54 Å². The van der Waals surface area contributed by atoms with E-state index in [1.54, 1.807) is 29.9 Å². The Morgan fingerprint density at radius 3 is 2.46 bits per heavy atom. The van der Waals surface area contributed by atoms with Gasteiger partial charge in [0.25, 0.3) is 5.56 Å². The number of fused-ring (bicyclic) bond motifs is 1. The van der Waals surface area contributed by atoms with E-state index in [9.17, 15) is 13.6 Å². The topological polar surface area (TPSA) is 47.4 Å². The minimum absolute atomic E-state index is 0.167. The van der Waals surface area contributed by atoms with E-state index in [0.29, 0.717) is 52.1 Å². The van der Waals surface area contributed by atoms with Crippen molar-refractivity contribution in [2.45, 2.75) is 52.1 Å². The normalized spacial score (nSPS) is 16.2. The molecule has 0 radical (unpaired) electrons. The summed E-state index contributed by atoms with van der Waals surface area (Å²) in [6.07, 6.45) is 4.35. The van der Waals surface area contributed by atoms with Crippen LogP contribution in [0.25, 0.3) is 33.4 Å². The van der Waals surface area contributed by atoms with Gasteiger partial charge in [0, 0.05) is 25.2 Å². The Bertz CT molecular complexity index is 1510. The molecule has 3 aromatic carbocycles. The van der Waals surface area contributed by atoms with Crippen molar-refractivity contribution in [2.75, 3.05) is 20.2 Å². The van der Waals surface area contributed by atoms with Crippen molar-refractivity contribution in [2.24, 2.45) is 5.92 Å². The molecule has 0 amide bonds. The Hall–Kier alpha value is -3.58. The first-order valence-corrected chi connectivity index (χ1v) is 13.8. The van der Waals surface area contributed by atoms with E-state index in [2.05, 4.69) is 18.7 Å². The molecule has 1 atom stereocenters. The minimum atomic E-state index is -0.661. The number of aromatic nitrogens is 2. The lowest BCUT2D eigenvalue weighted by Gasteiger charge is -2.38. The predicted molar refractivity (Wildman–Crippen MR) is 152 cm³/mol. The number of likely N-dealkylation sites (tertiary alicyclic amines) is 1. The Labute approximate surface area is 228 Å². The summed E-state index contributed by atoms with van der Waals surface area (Å²) < 4.78 is 35.3. The average Bonchev–Trinajstić information content (AvgIpc) is 2.94. The smallest absolute Gasteiger partial charge is 0.261 e. The van der Waals surface area contributed by atoms with E-state index < -0.39 is 11.6 Å². The molecule has 5 nitrogen and oxygen atoms in total. The van der Waals surface area contributed by atoms with Gasteiger partial charge in [-0.05, 0) is 85.7 Å². The van der Waals surface area contributed by atoms with Gasteiger partial charge in [-0.25, -0.2) is 13.8 Å². The van der Waals surface area contributed by atoms with Crippen molar-refractivity contribution in [1.82, 2.24) is 14.5 Å². The molecule has 4 aromatic rings. The van der Waals surface area contributed by atoms with Gasteiger partial charge < -0.3 is 9.64 Å². The molecule has 0 bridgehead atoms. The summed E-state index contributed by atoms with van der Waals surface area (Å²) in [5.74, 6) is 0.184. The summed E-state index contributed by atoms with van der Waals surface area (Å²) in [5.41, 5.74) is 2.05. The molecule has 2 heterocycles. The van der Waals surface area contributed by atoms with E-state index in [0.717, 1.165) is 50.4 Å².